The fourth-order valence-electron chi connectivity index (χ4n) is 2.52. The molecular weight excluding hydrogens is 408 g/mol. The Morgan fingerprint density at radius 2 is 1.93 bits per heavy atom. The van der Waals surface area contributed by atoms with Crippen LogP contribution in [0, 0.1) is 5.82 Å². The van der Waals surface area contributed by atoms with E-state index in [0.29, 0.717) is 16.9 Å². The molecule has 0 bridgehead atoms. The molecule has 158 valence electrons. The molecule has 0 unspecified atom stereocenters. The van der Waals surface area contributed by atoms with Crippen LogP contribution in [0.3, 0.4) is 0 Å². The number of amides is 2. The number of nitrogens with zero attached hydrogens (tertiary/aromatic N) is 4. The first-order valence-electron chi connectivity index (χ1n) is 8.75. The molecule has 8 nitrogen and oxygen atoms in total. The number of alkyl halides is 3. The molecule has 0 aromatic carbocycles. The second-order valence-electron chi connectivity index (χ2n) is 6.33. The first-order valence-corrected chi connectivity index (χ1v) is 8.75. The first kappa shape index (κ1) is 21.1. The molecule has 2 N–H and O–H groups in total. The normalized spacial score (nSPS) is 11.5. The Morgan fingerprint density at radius 1 is 1.13 bits per heavy atom. The van der Waals surface area contributed by atoms with Crippen LogP contribution >= 0.6 is 0 Å². The average Bonchev–Trinajstić information content (AvgIpc) is 3.11. The van der Waals surface area contributed by atoms with Gasteiger partial charge >= 0.3 is 6.18 Å². The van der Waals surface area contributed by atoms with Gasteiger partial charge in [0, 0.05) is 19.2 Å². The molecule has 30 heavy (non-hydrogen) atoms. The summed E-state index contributed by atoms with van der Waals surface area (Å²) in [4.78, 5) is 31.4. The number of halogens is 4. The maximum atomic E-state index is 13.6. The highest BCUT2D eigenvalue weighted by molar-refractivity contribution is 5.94. The molecule has 0 atom stereocenters. The molecule has 3 aromatic heterocycles. The summed E-state index contributed by atoms with van der Waals surface area (Å²) >= 11 is 0. The van der Waals surface area contributed by atoms with Gasteiger partial charge in [0.25, 0.3) is 5.91 Å². The fraction of sp³-hybridized carbons (Fsp3) is 0.278. The molecule has 0 aliphatic heterocycles. The van der Waals surface area contributed by atoms with E-state index >= 15 is 0 Å². The van der Waals surface area contributed by atoms with Crippen molar-refractivity contribution in [2.45, 2.75) is 32.1 Å². The van der Waals surface area contributed by atoms with Gasteiger partial charge in [0.1, 0.15) is 0 Å². The number of aromatic nitrogens is 4. The molecule has 0 saturated carbocycles. The van der Waals surface area contributed by atoms with Gasteiger partial charge in [0.2, 0.25) is 5.91 Å². The van der Waals surface area contributed by atoms with Crippen molar-refractivity contribution >= 4 is 17.5 Å². The maximum Gasteiger partial charge on any atom is 0.389 e. The van der Waals surface area contributed by atoms with Gasteiger partial charge in [0.05, 0.1) is 42.8 Å². The van der Waals surface area contributed by atoms with Crippen LogP contribution in [-0.2, 0) is 17.9 Å². The molecule has 3 rings (SSSR count). The lowest BCUT2D eigenvalue weighted by Gasteiger charge is -2.07. The fourth-order valence-corrected chi connectivity index (χ4v) is 2.52. The quantitative estimate of drug-likeness (QED) is 0.566. The van der Waals surface area contributed by atoms with Crippen LogP contribution in [0.4, 0.5) is 17.6 Å². The van der Waals surface area contributed by atoms with Crippen LogP contribution in [0.15, 0.2) is 36.9 Å². The highest BCUT2D eigenvalue weighted by Gasteiger charge is 2.27. The largest absolute Gasteiger partial charge is 0.389 e. The van der Waals surface area contributed by atoms with E-state index in [1.807, 2.05) is 0 Å². The maximum absolute atomic E-state index is 13.6. The van der Waals surface area contributed by atoms with E-state index in [2.05, 4.69) is 25.7 Å². The van der Waals surface area contributed by atoms with Crippen LogP contribution in [0.5, 0.6) is 0 Å². The van der Waals surface area contributed by atoms with Crippen LogP contribution in [0.25, 0.3) is 5.65 Å². The van der Waals surface area contributed by atoms with Gasteiger partial charge in [-0.3, -0.25) is 14.6 Å². The molecule has 0 spiro atoms. The minimum absolute atomic E-state index is 0.000436. The number of fused-ring (bicyclic) bond motifs is 1. The summed E-state index contributed by atoms with van der Waals surface area (Å²) < 4.78 is 51.4. The molecule has 0 fully saturated rings. The number of carbonyl (C=O) groups is 2. The van der Waals surface area contributed by atoms with E-state index in [-0.39, 0.29) is 18.7 Å². The summed E-state index contributed by atoms with van der Waals surface area (Å²) in [5.74, 6) is -2.09. The van der Waals surface area contributed by atoms with Crippen LogP contribution in [0.1, 0.15) is 34.5 Å². The first-order chi connectivity index (χ1) is 14.2. The van der Waals surface area contributed by atoms with Crippen molar-refractivity contribution in [3.05, 3.63) is 59.6 Å². The third kappa shape index (κ3) is 5.72. The molecule has 12 heteroatoms. The Balaban J connectivity index is 1.57. The van der Waals surface area contributed by atoms with Crippen molar-refractivity contribution in [2.24, 2.45) is 0 Å². The lowest BCUT2D eigenvalue weighted by Crippen LogP contribution is -2.24. The SMILES string of the molecule is O=C(CCC(F)(F)F)NCc1cnn2cc(CNC(=O)c3ccncc3F)nc2c1. The van der Waals surface area contributed by atoms with Gasteiger partial charge in [-0.2, -0.15) is 18.3 Å². The zero-order valence-electron chi connectivity index (χ0n) is 15.4. The number of hydrogen-bond acceptors (Lipinski definition) is 5. The molecule has 3 heterocycles. The molecule has 0 aliphatic rings. The summed E-state index contributed by atoms with van der Waals surface area (Å²) in [6.45, 7) is 0.0217. The number of carbonyl (C=O) groups excluding carboxylic acids is 2. The third-order valence-electron chi connectivity index (χ3n) is 4.00. The third-order valence-corrected chi connectivity index (χ3v) is 4.00. The average molecular weight is 424 g/mol. The molecule has 3 aromatic rings. The van der Waals surface area contributed by atoms with E-state index in [9.17, 15) is 27.2 Å². The van der Waals surface area contributed by atoms with E-state index in [0.717, 1.165) is 6.20 Å². The number of imidazole rings is 1. The molecular formula is C18H16F4N6O2. The van der Waals surface area contributed by atoms with Crippen LogP contribution in [-0.4, -0.2) is 37.6 Å². The van der Waals surface area contributed by atoms with Gasteiger partial charge in [-0.25, -0.2) is 13.9 Å². The summed E-state index contributed by atoms with van der Waals surface area (Å²) in [5, 5.41) is 9.04. The highest BCUT2D eigenvalue weighted by atomic mass is 19.4. The minimum Gasteiger partial charge on any atom is -0.352 e. The highest BCUT2D eigenvalue weighted by Crippen LogP contribution is 2.21. The molecule has 0 aliphatic carbocycles. The van der Waals surface area contributed by atoms with Gasteiger partial charge in [-0.1, -0.05) is 0 Å². The van der Waals surface area contributed by atoms with E-state index in [4.69, 9.17) is 0 Å². The Morgan fingerprint density at radius 3 is 2.67 bits per heavy atom. The number of hydrogen-bond donors (Lipinski definition) is 2. The lowest BCUT2D eigenvalue weighted by molar-refractivity contribution is -0.144. The zero-order valence-corrected chi connectivity index (χ0v) is 15.4. The Bertz CT molecular complexity index is 1070. The standard InChI is InChI=1S/C18H16F4N6O2/c19-14-9-23-4-2-13(14)17(30)25-8-12-10-28-15(27-12)5-11(7-26-28)6-24-16(29)1-3-18(20,21)22/h2,4-5,7,9-10H,1,3,6,8H2,(H,24,29)(H,25,30). The summed E-state index contributed by atoms with van der Waals surface area (Å²) in [5.41, 5.74) is 1.27. The van der Waals surface area contributed by atoms with Crippen molar-refractivity contribution in [1.29, 1.82) is 0 Å². The second-order valence-corrected chi connectivity index (χ2v) is 6.33. The van der Waals surface area contributed by atoms with Crippen molar-refractivity contribution in [3.8, 4) is 0 Å². The van der Waals surface area contributed by atoms with Crippen molar-refractivity contribution in [1.82, 2.24) is 30.2 Å². The summed E-state index contributed by atoms with van der Waals surface area (Å²) in [6.07, 6.45) is -0.983. The Labute approximate surface area is 167 Å². The predicted molar refractivity (Wildman–Crippen MR) is 95.5 cm³/mol. The molecule has 0 radical (unpaired) electrons. The van der Waals surface area contributed by atoms with Crippen molar-refractivity contribution < 1.29 is 27.2 Å². The van der Waals surface area contributed by atoms with Gasteiger partial charge < -0.3 is 10.6 Å². The lowest BCUT2D eigenvalue weighted by atomic mass is 10.2. The predicted octanol–water partition coefficient (Wildman–Crippen LogP) is 2.15. The van der Waals surface area contributed by atoms with Crippen molar-refractivity contribution in [3.63, 3.8) is 0 Å². The Hall–Kier alpha value is -3.57. The van der Waals surface area contributed by atoms with E-state index in [1.165, 1.54) is 23.0 Å². The van der Waals surface area contributed by atoms with Gasteiger partial charge in [-0.15, -0.1) is 0 Å². The second kappa shape index (κ2) is 8.84. The number of nitrogens with one attached hydrogen (secondary N) is 2. The number of rotatable bonds is 7. The smallest absolute Gasteiger partial charge is 0.352 e. The minimum atomic E-state index is -4.39. The van der Waals surface area contributed by atoms with Gasteiger partial charge in [0.15, 0.2) is 11.5 Å². The zero-order chi connectivity index (χ0) is 21.7. The summed E-state index contributed by atoms with van der Waals surface area (Å²) in [6, 6.07) is 2.86. The molecule has 0 saturated heterocycles. The number of pyridine rings is 1. The van der Waals surface area contributed by atoms with Crippen molar-refractivity contribution in [2.75, 3.05) is 0 Å². The van der Waals surface area contributed by atoms with E-state index in [1.54, 1.807) is 12.3 Å². The topological polar surface area (TPSA) is 101 Å². The van der Waals surface area contributed by atoms with Crippen LogP contribution < -0.4 is 10.6 Å². The van der Waals surface area contributed by atoms with Crippen LogP contribution in [0.2, 0.25) is 0 Å². The van der Waals surface area contributed by atoms with E-state index < -0.39 is 36.6 Å². The Kier molecular flexibility index (Phi) is 6.23. The van der Waals surface area contributed by atoms with Gasteiger partial charge in [-0.05, 0) is 17.7 Å². The summed E-state index contributed by atoms with van der Waals surface area (Å²) in [7, 11) is 0. The monoisotopic (exact) mass is 424 g/mol. The molecule has 2 amide bonds.